The molecule has 0 atom stereocenters. The Morgan fingerprint density at radius 2 is 1.86 bits per heavy atom. The van der Waals surface area contributed by atoms with Gasteiger partial charge in [0.2, 0.25) is 5.91 Å². The molecule has 2 aromatic carbocycles. The van der Waals surface area contributed by atoms with Gasteiger partial charge in [0.25, 0.3) is 5.91 Å². The van der Waals surface area contributed by atoms with E-state index in [0.717, 1.165) is 0 Å². The summed E-state index contributed by atoms with van der Waals surface area (Å²) in [6.07, 6.45) is 1.42. The van der Waals surface area contributed by atoms with E-state index in [4.69, 9.17) is 16.3 Å². The molecular weight excluding hydrogens is 585 g/mol. The molecule has 9 nitrogen and oxygen atoms in total. The summed E-state index contributed by atoms with van der Waals surface area (Å²) < 4.78 is 49.9. The number of benzene rings is 2. The second-order valence-electron chi connectivity index (χ2n) is 10.3. The topological polar surface area (TPSA) is 101 Å². The summed E-state index contributed by atoms with van der Waals surface area (Å²) in [6.45, 7) is 7.67. The largest absolute Gasteiger partial charge is 0.462 e. The summed E-state index contributed by atoms with van der Waals surface area (Å²) in [5.41, 5.74) is 0.0812. The van der Waals surface area contributed by atoms with Crippen LogP contribution in [-0.2, 0) is 9.59 Å². The molecule has 224 valence electrons. The number of amides is 2. The maximum absolute atomic E-state index is 16.4. The molecule has 0 aliphatic carbocycles. The van der Waals surface area contributed by atoms with Crippen LogP contribution in [0.3, 0.4) is 0 Å². The van der Waals surface area contributed by atoms with Gasteiger partial charge >= 0.3 is 6.01 Å². The van der Waals surface area contributed by atoms with Crippen molar-refractivity contribution < 1.29 is 27.5 Å². The second-order valence-corrected chi connectivity index (χ2v) is 10.6. The van der Waals surface area contributed by atoms with Gasteiger partial charge in [0, 0.05) is 49.2 Å². The van der Waals surface area contributed by atoms with Gasteiger partial charge in [-0.25, -0.2) is 13.2 Å². The molecule has 1 N–H and O–H groups in total. The molecule has 4 aromatic rings. The van der Waals surface area contributed by atoms with Crippen LogP contribution >= 0.6 is 11.6 Å². The number of ether oxygens (including phenoxy) is 1. The monoisotopic (exact) mass is 612 g/mol. The standard InChI is InChI=1S/C30H28ClF3N6O3/c1-16(2)28(41)35-9-14-43-30-37-26-20(27(38-30)39-10-12-40(13-11-39)29(42)17(3)32)15-36-25(24(26)34)19-6-4-5-18-7-8-21(33)23(31)22(18)19/h4-8,15-16H,3,9-14H2,1-2H3,(H,35,41). The summed E-state index contributed by atoms with van der Waals surface area (Å²) in [5, 5.41) is 3.75. The maximum Gasteiger partial charge on any atom is 0.319 e. The fraction of sp³-hybridized carbons (Fsp3) is 0.300. The summed E-state index contributed by atoms with van der Waals surface area (Å²) in [4.78, 5) is 40.3. The molecule has 1 fully saturated rings. The summed E-state index contributed by atoms with van der Waals surface area (Å²) in [6, 6.07) is 7.66. The third-order valence-corrected chi connectivity index (χ3v) is 7.46. The Kier molecular flexibility index (Phi) is 8.67. The molecule has 0 radical (unpaired) electrons. The number of rotatable bonds is 8. The van der Waals surface area contributed by atoms with Gasteiger partial charge < -0.3 is 19.9 Å². The third kappa shape index (κ3) is 6.05. The Morgan fingerprint density at radius 1 is 1.12 bits per heavy atom. The SMILES string of the molecule is C=C(F)C(=O)N1CCN(c2nc(OCCNC(=O)C(C)C)nc3c(F)c(-c4cccc5ccc(F)c(Cl)c45)ncc23)CC1. The Labute approximate surface area is 250 Å². The molecule has 0 saturated carbocycles. The first-order valence-corrected chi connectivity index (χ1v) is 14.0. The van der Waals surface area contributed by atoms with Crippen LogP contribution in [0.5, 0.6) is 6.01 Å². The van der Waals surface area contributed by atoms with Gasteiger partial charge in [-0.15, -0.1) is 0 Å². The molecule has 43 heavy (non-hydrogen) atoms. The van der Waals surface area contributed by atoms with Crippen LogP contribution in [0, 0.1) is 17.6 Å². The highest BCUT2D eigenvalue weighted by molar-refractivity contribution is 6.36. The highest BCUT2D eigenvalue weighted by atomic mass is 35.5. The van der Waals surface area contributed by atoms with E-state index in [1.54, 1.807) is 43.0 Å². The molecule has 1 aliphatic rings. The highest BCUT2D eigenvalue weighted by Gasteiger charge is 2.27. The molecule has 5 rings (SSSR count). The Hall–Kier alpha value is -4.45. The number of halogens is 4. The average molecular weight is 613 g/mol. The Morgan fingerprint density at radius 3 is 2.56 bits per heavy atom. The number of hydrogen-bond acceptors (Lipinski definition) is 7. The highest BCUT2D eigenvalue weighted by Crippen LogP contribution is 2.38. The zero-order valence-electron chi connectivity index (χ0n) is 23.5. The Bertz CT molecular complexity index is 1740. The fourth-order valence-corrected chi connectivity index (χ4v) is 5.11. The number of aromatic nitrogens is 3. The van der Waals surface area contributed by atoms with Crippen LogP contribution in [0.2, 0.25) is 5.02 Å². The van der Waals surface area contributed by atoms with E-state index in [-0.39, 0.29) is 84.3 Å². The minimum atomic E-state index is -1.05. The lowest BCUT2D eigenvalue weighted by Crippen LogP contribution is -2.49. The number of pyridine rings is 1. The number of fused-ring (bicyclic) bond motifs is 2. The molecule has 0 spiro atoms. The van der Waals surface area contributed by atoms with Crippen LogP contribution in [-0.4, -0.2) is 71.0 Å². The summed E-state index contributed by atoms with van der Waals surface area (Å²) in [7, 11) is 0. The molecule has 1 aliphatic heterocycles. The molecule has 0 unspecified atom stereocenters. The first-order valence-electron chi connectivity index (χ1n) is 13.6. The van der Waals surface area contributed by atoms with Crippen LogP contribution in [0.1, 0.15) is 13.8 Å². The van der Waals surface area contributed by atoms with Crippen molar-refractivity contribution in [2.75, 3.05) is 44.2 Å². The molecule has 1 saturated heterocycles. The summed E-state index contributed by atoms with van der Waals surface area (Å²) in [5.74, 6) is -3.34. The van der Waals surface area contributed by atoms with Gasteiger partial charge in [-0.05, 0) is 11.5 Å². The molecule has 0 bridgehead atoms. The lowest BCUT2D eigenvalue weighted by molar-refractivity contribution is -0.129. The zero-order valence-corrected chi connectivity index (χ0v) is 24.2. The van der Waals surface area contributed by atoms with Gasteiger partial charge in [0.1, 0.15) is 29.5 Å². The first kappa shape index (κ1) is 30.0. The van der Waals surface area contributed by atoms with E-state index in [2.05, 4.69) is 26.8 Å². The number of carbonyl (C=O) groups is 2. The van der Waals surface area contributed by atoms with Gasteiger partial charge in [-0.1, -0.05) is 56.3 Å². The van der Waals surface area contributed by atoms with Crippen molar-refractivity contribution in [1.82, 2.24) is 25.2 Å². The molecular formula is C30H28ClF3N6O3. The zero-order chi connectivity index (χ0) is 30.8. The van der Waals surface area contributed by atoms with Gasteiger partial charge in [0.15, 0.2) is 11.6 Å². The van der Waals surface area contributed by atoms with E-state index in [9.17, 15) is 18.4 Å². The quantitative estimate of drug-likeness (QED) is 0.219. The number of carbonyl (C=O) groups excluding carboxylic acids is 2. The predicted octanol–water partition coefficient (Wildman–Crippen LogP) is 5.06. The van der Waals surface area contributed by atoms with Crippen LogP contribution < -0.4 is 15.0 Å². The molecule has 2 aromatic heterocycles. The normalized spacial score (nSPS) is 13.6. The van der Waals surface area contributed by atoms with E-state index in [1.165, 1.54) is 17.2 Å². The molecule has 13 heteroatoms. The Balaban J connectivity index is 1.56. The van der Waals surface area contributed by atoms with Gasteiger partial charge in [-0.3, -0.25) is 14.6 Å². The van der Waals surface area contributed by atoms with Gasteiger partial charge in [-0.2, -0.15) is 9.97 Å². The average Bonchev–Trinajstić information content (AvgIpc) is 3.00. The smallest absolute Gasteiger partial charge is 0.319 e. The van der Waals surface area contributed by atoms with E-state index in [1.807, 2.05) is 0 Å². The van der Waals surface area contributed by atoms with Crippen LogP contribution in [0.15, 0.2) is 48.9 Å². The van der Waals surface area contributed by atoms with Crippen molar-refractivity contribution in [3.63, 3.8) is 0 Å². The lowest BCUT2D eigenvalue weighted by atomic mass is 10.0. The predicted molar refractivity (Wildman–Crippen MR) is 158 cm³/mol. The second kappa shape index (κ2) is 12.4. The number of anilines is 1. The lowest BCUT2D eigenvalue weighted by Gasteiger charge is -2.35. The van der Waals surface area contributed by atoms with Crippen molar-refractivity contribution >= 4 is 50.9 Å². The third-order valence-electron chi connectivity index (χ3n) is 7.09. The van der Waals surface area contributed by atoms with E-state index < -0.39 is 23.4 Å². The number of nitrogens with zero attached hydrogens (tertiary/aromatic N) is 5. The maximum atomic E-state index is 16.4. The van der Waals surface area contributed by atoms with E-state index in [0.29, 0.717) is 16.6 Å². The number of hydrogen-bond donors (Lipinski definition) is 1. The number of nitrogens with one attached hydrogen (secondary N) is 1. The van der Waals surface area contributed by atoms with Crippen LogP contribution in [0.25, 0.3) is 32.9 Å². The molecule has 2 amide bonds. The van der Waals surface area contributed by atoms with Crippen LogP contribution in [0.4, 0.5) is 19.0 Å². The molecule has 3 heterocycles. The van der Waals surface area contributed by atoms with E-state index >= 15 is 4.39 Å². The number of piperazine rings is 1. The van der Waals surface area contributed by atoms with Crippen molar-refractivity contribution in [2.24, 2.45) is 5.92 Å². The first-order chi connectivity index (χ1) is 20.6. The summed E-state index contributed by atoms with van der Waals surface area (Å²) >= 11 is 6.31. The fourth-order valence-electron chi connectivity index (χ4n) is 4.84. The van der Waals surface area contributed by atoms with Crippen molar-refractivity contribution in [2.45, 2.75) is 13.8 Å². The van der Waals surface area contributed by atoms with Crippen molar-refractivity contribution in [3.8, 4) is 17.3 Å². The van der Waals surface area contributed by atoms with Crippen molar-refractivity contribution in [3.05, 3.63) is 65.6 Å². The van der Waals surface area contributed by atoms with Gasteiger partial charge in [0.05, 0.1) is 17.0 Å². The minimum Gasteiger partial charge on any atom is -0.462 e. The van der Waals surface area contributed by atoms with Crippen molar-refractivity contribution in [1.29, 1.82) is 0 Å². The minimum absolute atomic E-state index is 0.0159.